The Kier molecular flexibility index (Phi) is 6.09. The van der Waals surface area contributed by atoms with Crippen molar-refractivity contribution in [2.75, 3.05) is 6.61 Å². The van der Waals surface area contributed by atoms with Gasteiger partial charge in [-0.15, -0.1) is 0 Å². The molecule has 1 aliphatic heterocycles. The molecular formula is C27H26N4OS. The van der Waals surface area contributed by atoms with Gasteiger partial charge in [-0.2, -0.15) is 0 Å². The number of nitrogens with zero attached hydrogens (tertiary/aromatic N) is 3. The van der Waals surface area contributed by atoms with Gasteiger partial charge in [0.2, 0.25) is 0 Å². The Morgan fingerprint density at radius 1 is 0.939 bits per heavy atom. The summed E-state index contributed by atoms with van der Waals surface area (Å²) in [5.74, 6) is 0.871. The van der Waals surface area contributed by atoms with Crippen LogP contribution in [0.25, 0.3) is 5.69 Å². The zero-order valence-electron chi connectivity index (χ0n) is 18.5. The summed E-state index contributed by atoms with van der Waals surface area (Å²) in [7, 11) is 0. The molecule has 0 saturated carbocycles. The molecular weight excluding hydrogens is 428 g/mol. The number of pyridine rings is 1. The SMILES string of the molecule is CCOc1ccc(-n2cccc2C2C(c3ccccn3)NC(=S)N2Cc2ccccc2)cc1. The van der Waals surface area contributed by atoms with Crippen LogP contribution in [0.15, 0.2) is 97.3 Å². The van der Waals surface area contributed by atoms with Crippen LogP contribution in [0.4, 0.5) is 0 Å². The first-order valence-corrected chi connectivity index (χ1v) is 11.6. The largest absolute Gasteiger partial charge is 0.494 e. The predicted octanol–water partition coefficient (Wildman–Crippen LogP) is 5.44. The van der Waals surface area contributed by atoms with E-state index in [9.17, 15) is 0 Å². The molecule has 0 aliphatic carbocycles. The van der Waals surface area contributed by atoms with E-state index < -0.39 is 0 Å². The number of benzene rings is 2. The monoisotopic (exact) mass is 454 g/mol. The zero-order chi connectivity index (χ0) is 22.6. The van der Waals surface area contributed by atoms with Crippen LogP contribution in [0.2, 0.25) is 0 Å². The molecule has 0 bridgehead atoms. The van der Waals surface area contributed by atoms with Crippen molar-refractivity contribution in [2.24, 2.45) is 0 Å². The molecule has 2 aromatic heterocycles. The zero-order valence-corrected chi connectivity index (χ0v) is 19.3. The lowest BCUT2D eigenvalue weighted by Crippen LogP contribution is -2.30. The second-order valence-electron chi connectivity index (χ2n) is 7.97. The lowest BCUT2D eigenvalue weighted by Gasteiger charge is -2.29. The first-order chi connectivity index (χ1) is 16.2. The number of hydrogen-bond donors (Lipinski definition) is 1. The summed E-state index contributed by atoms with van der Waals surface area (Å²) in [5, 5.41) is 4.28. The van der Waals surface area contributed by atoms with E-state index in [0.29, 0.717) is 6.61 Å². The summed E-state index contributed by atoms with van der Waals surface area (Å²) < 4.78 is 7.85. The minimum absolute atomic E-state index is 0.0193. The van der Waals surface area contributed by atoms with Crippen LogP contribution in [0.5, 0.6) is 5.75 Å². The van der Waals surface area contributed by atoms with E-state index >= 15 is 0 Å². The van der Waals surface area contributed by atoms with Gasteiger partial charge in [0.25, 0.3) is 0 Å². The number of hydrogen-bond acceptors (Lipinski definition) is 3. The maximum atomic E-state index is 5.84. The van der Waals surface area contributed by atoms with Crippen LogP contribution in [-0.4, -0.2) is 26.2 Å². The van der Waals surface area contributed by atoms with Crippen molar-refractivity contribution in [3.8, 4) is 11.4 Å². The third-order valence-corrected chi connectivity index (χ3v) is 6.26. The average molecular weight is 455 g/mol. The molecule has 4 aromatic rings. The summed E-state index contributed by atoms with van der Waals surface area (Å²) in [4.78, 5) is 6.92. The van der Waals surface area contributed by atoms with Crippen molar-refractivity contribution in [3.05, 3.63) is 114 Å². The highest BCUT2D eigenvalue weighted by atomic mass is 32.1. The van der Waals surface area contributed by atoms with Crippen LogP contribution in [0.3, 0.4) is 0 Å². The van der Waals surface area contributed by atoms with Crippen LogP contribution in [0.1, 0.15) is 36.0 Å². The Morgan fingerprint density at radius 2 is 1.73 bits per heavy atom. The number of nitrogens with one attached hydrogen (secondary N) is 1. The highest BCUT2D eigenvalue weighted by molar-refractivity contribution is 7.80. The van der Waals surface area contributed by atoms with Crippen molar-refractivity contribution >= 4 is 17.3 Å². The third-order valence-electron chi connectivity index (χ3n) is 5.90. The molecule has 2 unspecified atom stereocenters. The molecule has 1 aliphatic rings. The van der Waals surface area contributed by atoms with Crippen molar-refractivity contribution in [3.63, 3.8) is 0 Å². The van der Waals surface area contributed by atoms with Gasteiger partial charge in [0.15, 0.2) is 5.11 Å². The Bertz CT molecular complexity index is 1210. The topological polar surface area (TPSA) is 42.3 Å². The molecule has 0 spiro atoms. The first kappa shape index (κ1) is 21.2. The number of aromatic nitrogens is 2. The second kappa shape index (κ2) is 9.46. The highest BCUT2D eigenvalue weighted by Gasteiger charge is 2.41. The summed E-state index contributed by atoms with van der Waals surface area (Å²) in [6.45, 7) is 3.36. The fourth-order valence-electron chi connectivity index (χ4n) is 4.42. The third kappa shape index (κ3) is 4.34. The molecule has 0 radical (unpaired) electrons. The summed E-state index contributed by atoms with van der Waals surface area (Å²) in [6.07, 6.45) is 3.94. The average Bonchev–Trinajstić information content (AvgIpc) is 3.46. The normalized spacial score (nSPS) is 17.7. The highest BCUT2D eigenvalue weighted by Crippen LogP contribution is 2.40. The Balaban J connectivity index is 1.56. The van der Waals surface area contributed by atoms with Gasteiger partial charge in [0.05, 0.1) is 24.4 Å². The maximum Gasteiger partial charge on any atom is 0.170 e. The van der Waals surface area contributed by atoms with Crippen molar-refractivity contribution in [2.45, 2.75) is 25.6 Å². The fraction of sp³-hybridized carbons (Fsp3) is 0.185. The quantitative estimate of drug-likeness (QED) is 0.377. The molecule has 1 saturated heterocycles. The van der Waals surface area contributed by atoms with E-state index in [1.54, 1.807) is 0 Å². The molecule has 3 heterocycles. The van der Waals surface area contributed by atoms with Gasteiger partial charge in [-0.25, -0.2) is 0 Å². The van der Waals surface area contributed by atoms with Gasteiger partial charge >= 0.3 is 0 Å². The van der Waals surface area contributed by atoms with E-state index in [0.717, 1.165) is 34.5 Å². The minimum Gasteiger partial charge on any atom is -0.494 e. The van der Waals surface area contributed by atoms with Crippen LogP contribution in [-0.2, 0) is 6.54 Å². The lowest BCUT2D eigenvalue weighted by atomic mass is 10.0. The van der Waals surface area contributed by atoms with E-state index in [4.69, 9.17) is 17.0 Å². The van der Waals surface area contributed by atoms with Gasteiger partial charge < -0.3 is 19.5 Å². The van der Waals surface area contributed by atoms with Crippen molar-refractivity contribution in [1.29, 1.82) is 0 Å². The maximum absolute atomic E-state index is 5.84. The molecule has 6 heteroatoms. The van der Waals surface area contributed by atoms with Gasteiger partial charge in [-0.1, -0.05) is 36.4 Å². The summed E-state index contributed by atoms with van der Waals surface area (Å²) in [6, 6.07) is 28.9. The standard InChI is InChI=1S/C27H26N4OS/c1-2-32-22-15-13-21(14-16-22)30-18-8-12-24(30)26-25(23-11-6-7-17-28-23)29-27(33)31(26)19-20-9-4-3-5-10-20/h3-18,25-26H,2,19H2,1H3,(H,29,33). The van der Waals surface area contributed by atoms with E-state index in [-0.39, 0.29) is 12.1 Å². The van der Waals surface area contributed by atoms with Crippen molar-refractivity contribution < 1.29 is 4.74 Å². The predicted molar refractivity (Wildman–Crippen MR) is 134 cm³/mol. The van der Waals surface area contributed by atoms with E-state index in [2.05, 4.69) is 80.6 Å². The lowest BCUT2D eigenvalue weighted by molar-refractivity contribution is 0.302. The Labute approximate surface area is 199 Å². The minimum atomic E-state index is -0.0567. The van der Waals surface area contributed by atoms with Gasteiger partial charge in [-0.05, 0) is 73.2 Å². The number of rotatable bonds is 7. The molecule has 33 heavy (non-hydrogen) atoms. The van der Waals surface area contributed by atoms with Crippen LogP contribution < -0.4 is 10.1 Å². The molecule has 5 nitrogen and oxygen atoms in total. The summed E-state index contributed by atoms with van der Waals surface area (Å²) >= 11 is 5.84. The smallest absolute Gasteiger partial charge is 0.170 e. The molecule has 5 rings (SSSR count). The van der Waals surface area contributed by atoms with E-state index in [1.807, 2.05) is 43.5 Å². The molecule has 1 fully saturated rings. The van der Waals surface area contributed by atoms with Crippen molar-refractivity contribution in [1.82, 2.24) is 19.8 Å². The number of ether oxygens (including phenoxy) is 1. The van der Waals surface area contributed by atoms with Crippen LogP contribution >= 0.6 is 12.2 Å². The molecule has 0 amide bonds. The Morgan fingerprint density at radius 3 is 2.45 bits per heavy atom. The Hall–Kier alpha value is -3.64. The van der Waals surface area contributed by atoms with E-state index in [1.165, 1.54) is 5.56 Å². The molecule has 1 N–H and O–H groups in total. The number of thiocarbonyl (C=S) groups is 1. The van der Waals surface area contributed by atoms with Gasteiger partial charge in [-0.3, -0.25) is 4.98 Å². The van der Waals surface area contributed by atoms with Gasteiger partial charge in [0, 0.05) is 30.3 Å². The molecule has 166 valence electrons. The second-order valence-corrected chi connectivity index (χ2v) is 8.36. The molecule has 2 aromatic carbocycles. The molecule has 2 atom stereocenters. The first-order valence-electron chi connectivity index (χ1n) is 11.2. The fourth-order valence-corrected chi connectivity index (χ4v) is 4.72. The van der Waals surface area contributed by atoms with Crippen LogP contribution in [0, 0.1) is 0 Å². The van der Waals surface area contributed by atoms with Gasteiger partial charge in [0.1, 0.15) is 5.75 Å². The summed E-state index contributed by atoms with van der Waals surface area (Å²) in [5.41, 5.74) is 4.42.